The Balaban J connectivity index is 2.47. The zero-order valence-electron chi connectivity index (χ0n) is 6.93. The van der Waals surface area contributed by atoms with E-state index >= 15 is 0 Å². The summed E-state index contributed by atoms with van der Waals surface area (Å²) in [5.41, 5.74) is 3.59. The second-order valence-electron chi connectivity index (χ2n) is 3.26. The number of ether oxygens (including phenoxy) is 1. The molecule has 2 heterocycles. The van der Waals surface area contributed by atoms with Crippen molar-refractivity contribution in [1.29, 1.82) is 0 Å². The number of aromatic amines is 1. The van der Waals surface area contributed by atoms with Gasteiger partial charge in [-0.15, -0.1) is 0 Å². The van der Waals surface area contributed by atoms with Crippen LogP contribution >= 0.6 is 11.6 Å². The predicted molar refractivity (Wildman–Crippen MR) is 51.8 cm³/mol. The smallest absolute Gasteiger partial charge is 0.0732 e. The van der Waals surface area contributed by atoms with Gasteiger partial charge in [-0.3, -0.25) is 0 Å². The number of H-pyrrole nitrogens is 1. The summed E-state index contributed by atoms with van der Waals surface area (Å²) in [5, 5.41) is 1.91. The third-order valence-electron chi connectivity index (χ3n) is 2.51. The summed E-state index contributed by atoms with van der Waals surface area (Å²) in [4.78, 5) is 3.13. The molecule has 13 heavy (non-hydrogen) atoms. The minimum Gasteiger partial charge on any atom is -0.372 e. The molecule has 0 aliphatic carbocycles. The molecule has 0 fully saturated rings. The van der Waals surface area contributed by atoms with Crippen LogP contribution in [0.5, 0.6) is 0 Å². The van der Waals surface area contributed by atoms with Crippen molar-refractivity contribution in [3.8, 4) is 0 Å². The Labute approximate surface area is 80.5 Å². The number of benzene rings is 1. The zero-order valence-corrected chi connectivity index (χ0v) is 7.69. The maximum atomic E-state index is 6.07. The Morgan fingerprint density at radius 3 is 3.15 bits per heavy atom. The van der Waals surface area contributed by atoms with Gasteiger partial charge in [0.25, 0.3) is 0 Å². The molecular formula is C10H8ClNO. The normalized spacial score (nSPS) is 15.2. The first-order chi connectivity index (χ1) is 6.36. The molecule has 0 radical (unpaired) electrons. The molecule has 3 rings (SSSR count). The first-order valence-corrected chi connectivity index (χ1v) is 4.59. The Morgan fingerprint density at radius 2 is 2.23 bits per heavy atom. The molecule has 0 atom stereocenters. The van der Waals surface area contributed by atoms with Crippen LogP contribution in [0.1, 0.15) is 11.1 Å². The average molecular weight is 194 g/mol. The quantitative estimate of drug-likeness (QED) is 0.684. The highest BCUT2D eigenvalue weighted by molar-refractivity contribution is 6.35. The van der Waals surface area contributed by atoms with Gasteiger partial charge in [0.2, 0.25) is 0 Å². The molecule has 1 aliphatic heterocycles. The molecule has 0 bridgehead atoms. The van der Waals surface area contributed by atoms with Crippen LogP contribution in [0, 0.1) is 0 Å². The van der Waals surface area contributed by atoms with E-state index in [1.54, 1.807) is 0 Å². The number of aromatic nitrogens is 1. The topological polar surface area (TPSA) is 25.0 Å². The van der Waals surface area contributed by atoms with E-state index in [0.717, 1.165) is 15.9 Å². The molecule has 3 heteroatoms. The lowest BCUT2D eigenvalue weighted by Crippen LogP contribution is -1.82. The maximum Gasteiger partial charge on any atom is 0.0732 e. The highest BCUT2D eigenvalue weighted by Crippen LogP contribution is 2.32. The van der Waals surface area contributed by atoms with Gasteiger partial charge in [-0.05, 0) is 17.2 Å². The summed E-state index contributed by atoms with van der Waals surface area (Å²) < 4.78 is 5.37. The molecule has 2 aromatic rings. The number of fused-ring (bicyclic) bond motifs is 3. The lowest BCUT2D eigenvalue weighted by Gasteiger charge is -1.98. The zero-order chi connectivity index (χ0) is 8.84. The fraction of sp³-hybridized carbons (Fsp3) is 0.200. The lowest BCUT2D eigenvalue weighted by molar-refractivity contribution is 0.135. The summed E-state index contributed by atoms with van der Waals surface area (Å²) in [6.45, 7) is 1.40. The maximum absolute atomic E-state index is 6.07. The van der Waals surface area contributed by atoms with E-state index < -0.39 is 0 Å². The van der Waals surface area contributed by atoms with Crippen LogP contribution in [-0.2, 0) is 18.0 Å². The molecule has 1 aromatic heterocycles. The van der Waals surface area contributed by atoms with E-state index in [1.807, 2.05) is 6.20 Å². The van der Waals surface area contributed by atoms with Gasteiger partial charge < -0.3 is 9.72 Å². The van der Waals surface area contributed by atoms with Crippen molar-refractivity contribution < 1.29 is 4.74 Å². The Kier molecular flexibility index (Phi) is 1.43. The number of hydrogen-bond acceptors (Lipinski definition) is 1. The van der Waals surface area contributed by atoms with E-state index in [2.05, 4.69) is 17.1 Å². The average Bonchev–Trinajstić information content (AvgIpc) is 2.70. The number of nitrogens with one attached hydrogen (secondary N) is 1. The monoisotopic (exact) mass is 193 g/mol. The minimum absolute atomic E-state index is 0.685. The van der Waals surface area contributed by atoms with Gasteiger partial charge in [0.15, 0.2) is 0 Å². The van der Waals surface area contributed by atoms with Crippen molar-refractivity contribution in [2.75, 3.05) is 0 Å². The molecule has 1 aliphatic rings. The molecule has 0 saturated heterocycles. The number of rotatable bonds is 0. The van der Waals surface area contributed by atoms with Crippen LogP contribution in [0.15, 0.2) is 18.3 Å². The van der Waals surface area contributed by atoms with E-state index in [9.17, 15) is 0 Å². The highest BCUT2D eigenvalue weighted by atomic mass is 35.5. The summed E-state index contributed by atoms with van der Waals surface area (Å²) in [6.07, 6.45) is 1.82. The van der Waals surface area contributed by atoms with Gasteiger partial charge >= 0.3 is 0 Å². The highest BCUT2D eigenvalue weighted by Gasteiger charge is 2.16. The third-order valence-corrected chi connectivity index (χ3v) is 2.81. The number of halogens is 1. The van der Waals surface area contributed by atoms with Crippen molar-refractivity contribution in [2.45, 2.75) is 13.2 Å². The van der Waals surface area contributed by atoms with Gasteiger partial charge in [-0.2, -0.15) is 0 Å². The van der Waals surface area contributed by atoms with Gasteiger partial charge in [-0.1, -0.05) is 17.7 Å². The standard InChI is InChI=1S/C10H8ClNO/c11-8-3-12-9-2-1-6-4-13-5-7(6)10(8)9/h1-3,12H,4-5H2. The van der Waals surface area contributed by atoms with E-state index in [1.165, 1.54) is 11.1 Å². The molecule has 0 spiro atoms. The predicted octanol–water partition coefficient (Wildman–Crippen LogP) is 2.85. The summed E-state index contributed by atoms with van der Waals surface area (Å²) in [6, 6.07) is 4.15. The summed E-state index contributed by atoms with van der Waals surface area (Å²) in [7, 11) is 0. The third kappa shape index (κ3) is 0.929. The largest absolute Gasteiger partial charge is 0.372 e. The van der Waals surface area contributed by atoms with E-state index in [-0.39, 0.29) is 0 Å². The van der Waals surface area contributed by atoms with Crippen molar-refractivity contribution in [1.82, 2.24) is 4.98 Å². The van der Waals surface area contributed by atoms with Crippen LogP contribution in [0.2, 0.25) is 5.02 Å². The first-order valence-electron chi connectivity index (χ1n) is 4.21. The van der Waals surface area contributed by atoms with Crippen molar-refractivity contribution in [2.24, 2.45) is 0 Å². The summed E-state index contributed by atoms with van der Waals surface area (Å²) in [5.74, 6) is 0. The van der Waals surface area contributed by atoms with Gasteiger partial charge in [0, 0.05) is 17.1 Å². The van der Waals surface area contributed by atoms with E-state index in [4.69, 9.17) is 16.3 Å². The Bertz CT molecular complexity index is 475. The van der Waals surface area contributed by atoms with Crippen molar-refractivity contribution in [3.05, 3.63) is 34.5 Å². The van der Waals surface area contributed by atoms with Crippen LogP contribution in [0.3, 0.4) is 0 Å². The molecule has 0 unspecified atom stereocenters. The van der Waals surface area contributed by atoms with Crippen molar-refractivity contribution >= 4 is 22.5 Å². The van der Waals surface area contributed by atoms with Crippen LogP contribution in [0.4, 0.5) is 0 Å². The molecule has 66 valence electrons. The SMILES string of the molecule is Clc1c[nH]c2ccc3c(c12)COC3. The molecule has 0 saturated carbocycles. The molecule has 2 nitrogen and oxygen atoms in total. The molecule has 1 N–H and O–H groups in total. The fourth-order valence-electron chi connectivity index (χ4n) is 1.86. The minimum atomic E-state index is 0.685. The molecule has 0 amide bonds. The second kappa shape index (κ2) is 2.50. The van der Waals surface area contributed by atoms with Crippen LogP contribution in [0.25, 0.3) is 10.9 Å². The Morgan fingerprint density at radius 1 is 1.31 bits per heavy atom. The number of hydrogen-bond donors (Lipinski definition) is 1. The Hall–Kier alpha value is -0.990. The van der Waals surface area contributed by atoms with E-state index in [0.29, 0.717) is 13.2 Å². The lowest BCUT2D eigenvalue weighted by atomic mass is 10.1. The van der Waals surface area contributed by atoms with Crippen LogP contribution < -0.4 is 0 Å². The van der Waals surface area contributed by atoms with Crippen molar-refractivity contribution in [3.63, 3.8) is 0 Å². The van der Waals surface area contributed by atoms with Gasteiger partial charge in [0.05, 0.1) is 18.2 Å². The summed E-state index contributed by atoms with van der Waals surface area (Å²) >= 11 is 6.07. The van der Waals surface area contributed by atoms with Gasteiger partial charge in [-0.25, -0.2) is 0 Å². The molecule has 1 aromatic carbocycles. The van der Waals surface area contributed by atoms with Gasteiger partial charge in [0.1, 0.15) is 0 Å². The first kappa shape index (κ1) is 7.42. The second-order valence-corrected chi connectivity index (χ2v) is 3.66. The van der Waals surface area contributed by atoms with Crippen LogP contribution in [-0.4, -0.2) is 4.98 Å². The fourth-order valence-corrected chi connectivity index (χ4v) is 2.13. The molecular weight excluding hydrogens is 186 g/mol.